The summed E-state index contributed by atoms with van der Waals surface area (Å²) in [5.74, 6) is -1.12. The number of nitrogens with zero attached hydrogens (tertiary/aromatic N) is 1. The van der Waals surface area contributed by atoms with Crippen molar-refractivity contribution in [1.82, 2.24) is 0 Å². The molecule has 0 fully saturated rings. The Hall–Kier alpha value is -2.04. The summed E-state index contributed by atoms with van der Waals surface area (Å²) in [4.78, 5) is 23.2. The average Bonchev–Trinajstić information content (AvgIpc) is 2.29. The minimum absolute atomic E-state index is 0.00556. The van der Waals surface area contributed by atoms with E-state index in [9.17, 15) is 9.59 Å². The molecular weight excluding hydrogens is 222 g/mol. The summed E-state index contributed by atoms with van der Waals surface area (Å²) in [5.41, 5.74) is 0.229. The number of anilines is 1. The summed E-state index contributed by atoms with van der Waals surface area (Å²) < 4.78 is 0. The molecule has 0 unspecified atom stereocenters. The van der Waals surface area contributed by atoms with E-state index in [0.29, 0.717) is 13.0 Å². The highest BCUT2D eigenvalue weighted by atomic mass is 16.4. The van der Waals surface area contributed by atoms with Crippen LogP contribution >= 0.6 is 0 Å². The fourth-order valence-corrected chi connectivity index (χ4v) is 1.53. The van der Waals surface area contributed by atoms with Crippen molar-refractivity contribution in [2.24, 2.45) is 0 Å². The summed E-state index contributed by atoms with van der Waals surface area (Å²) in [6.45, 7) is 2.25. The minimum Gasteiger partial charge on any atom is -0.478 e. The van der Waals surface area contributed by atoms with Crippen molar-refractivity contribution in [2.75, 3.05) is 11.4 Å². The molecule has 0 bridgehead atoms. The van der Waals surface area contributed by atoms with Crippen LogP contribution in [0.3, 0.4) is 0 Å². The lowest BCUT2D eigenvalue weighted by atomic mass is 10.1. The summed E-state index contributed by atoms with van der Waals surface area (Å²) in [5, 5.41) is 18.1. The first kappa shape index (κ1) is 13.0. The lowest BCUT2D eigenvalue weighted by Gasteiger charge is -2.20. The molecule has 5 nitrogen and oxygen atoms in total. The Morgan fingerprint density at radius 2 is 1.88 bits per heavy atom. The van der Waals surface area contributed by atoms with E-state index < -0.39 is 12.1 Å². The van der Waals surface area contributed by atoms with Crippen molar-refractivity contribution >= 4 is 17.7 Å². The van der Waals surface area contributed by atoms with Gasteiger partial charge in [0.05, 0.1) is 11.3 Å². The number of unbranched alkanes of at least 4 members (excludes halogenated alkanes) is 1. The third kappa shape index (κ3) is 3.21. The third-order valence-corrected chi connectivity index (χ3v) is 2.39. The van der Waals surface area contributed by atoms with Gasteiger partial charge in [-0.2, -0.15) is 0 Å². The number of amides is 1. The van der Waals surface area contributed by atoms with Gasteiger partial charge in [-0.1, -0.05) is 25.5 Å². The van der Waals surface area contributed by atoms with Crippen LogP contribution in [0.1, 0.15) is 30.1 Å². The lowest BCUT2D eigenvalue weighted by molar-refractivity contribution is 0.0697. The molecule has 1 aromatic carbocycles. The van der Waals surface area contributed by atoms with Gasteiger partial charge in [-0.15, -0.1) is 0 Å². The lowest BCUT2D eigenvalue weighted by Crippen LogP contribution is -2.31. The second kappa shape index (κ2) is 5.89. The monoisotopic (exact) mass is 237 g/mol. The topological polar surface area (TPSA) is 77.8 Å². The van der Waals surface area contributed by atoms with Crippen LogP contribution in [0.2, 0.25) is 0 Å². The number of carbonyl (C=O) groups is 2. The zero-order valence-corrected chi connectivity index (χ0v) is 9.59. The predicted octanol–water partition coefficient (Wildman–Crippen LogP) is 2.67. The zero-order chi connectivity index (χ0) is 12.8. The van der Waals surface area contributed by atoms with Gasteiger partial charge in [-0.3, -0.25) is 4.90 Å². The smallest absolute Gasteiger partial charge is 0.411 e. The Morgan fingerprint density at radius 3 is 2.41 bits per heavy atom. The van der Waals surface area contributed by atoms with Crippen molar-refractivity contribution in [3.05, 3.63) is 29.8 Å². The van der Waals surface area contributed by atoms with E-state index in [1.165, 1.54) is 12.1 Å². The molecule has 1 rings (SSSR count). The molecule has 0 saturated heterocycles. The molecule has 0 aliphatic carbocycles. The van der Waals surface area contributed by atoms with Crippen molar-refractivity contribution in [3.63, 3.8) is 0 Å². The van der Waals surface area contributed by atoms with Gasteiger partial charge in [-0.05, 0) is 18.6 Å². The van der Waals surface area contributed by atoms with Crippen LogP contribution in [-0.2, 0) is 0 Å². The van der Waals surface area contributed by atoms with Crippen LogP contribution < -0.4 is 4.90 Å². The van der Waals surface area contributed by atoms with E-state index in [1.54, 1.807) is 12.1 Å². The zero-order valence-electron chi connectivity index (χ0n) is 9.59. The molecule has 0 radical (unpaired) electrons. The summed E-state index contributed by atoms with van der Waals surface area (Å²) in [7, 11) is 0. The number of para-hydroxylation sites is 1. The van der Waals surface area contributed by atoms with Crippen molar-refractivity contribution < 1.29 is 19.8 Å². The van der Waals surface area contributed by atoms with E-state index in [1.807, 2.05) is 6.92 Å². The molecule has 5 heteroatoms. The first-order valence-corrected chi connectivity index (χ1v) is 5.40. The van der Waals surface area contributed by atoms with E-state index in [2.05, 4.69) is 0 Å². The molecule has 0 aliphatic rings. The van der Waals surface area contributed by atoms with Crippen LogP contribution in [0.25, 0.3) is 0 Å². The van der Waals surface area contributed by atoms with Crippen LogP contribution in [0, 0.1) is 0 Å². The Kier molecular flexibility index (Phi) is 4.51. The Morgan fingerprint density at radius 1 is 1.24 bits per heavy atom. The molecule has 2 N–H and O–H groups in total. The SMILES string of the molecule is CCCCN(C(=O)O)c1ccccc1C(=O)O. The number of benzene rings is 1. The molecule has 1 amide bonds. The molecule has 92 valence electrons. The summed E-state index contributed by atoms with van der Waals surface area (Å²) in [6.07, 6.45) is 0.409. The Labute approximate surface area is 99.3 Å². The number of rotatable bonds is 5. The third-order valence-electron chi connectivity index (χ3n) is 2.39. The number of carboxylic acid groups (broad SMARTS) is 2. The van der Waals surface area contributed by atoms with E-state index >= 15 is 0 Å². The molecule has 0 heterocycles. The maximum absolute atomic E-state index is 11.1. The van der Waals surface area contributed by atoms with Gasteiger partial charge >= 0.3 is 12.1 Å². The molecule has 0 aliphatic heterocycles. The van der Waals surface area contributed by atoms with Gasteiger partial charge in [0.25, 0.3) is 0 Å². The molecule has 0 atom stereocenters. The fraction of sp³-hybridized carbons (Fsp3) is 0.333. The van der Waals surface area contributed by atoms with Crippen LogP contribution in [0.5, 0.6) is 0 Å². The van der Waals surface area contributed by atoms with Crippen LogP contribution in [-0.4, -0.2) is 28.8 Å². The number of hydrogen-bond acceptors (Lipinski definition) is 2. The normalized spacial score (nSPS) is 9.94. The number of carboxylic acids is 1. The minimum atomic E-state index is -1.13. The molecule has 0 spiro atoms. The average molecular weight is 237 g/mol. The molecule has 17 heavy (non-hydrogen) atoms. The van der Waals surface area contributed by atoms with Gasteiger partial charge in [0.1, 0.15) is 0 Å². The van der Waals surface area contributed by atoms with E-state index in [4.69, 9.17) is 10.2 Å². The second-order valence-corrected chi connectivity index (χ2v) is 3.61. The molecule has 0 aromatic heterocycles. The largest absolute Gasteiger partial charge is 0.478 e. The summed E-state index contributed by atoms with van der Waals surface area (Å²) in [6, 6.07) is 6.11. The van der Waals surface area contributed by atoms with Crippen molar-refractivity contribution in [3.8, 4) is 0 Å². The maximum Gasteiger partial charge on any atom is 0.411 e. The first-order valence-electron chi connectivity index (χ1n) is 5.40. The molecule has 1 aromatic rings. The maximum atomic E-state index is 11.1. The Balaban J connectivity index is 3.09. The quantitative estimate of drug-likeness (QED) is 0.825. The van der Waals surface area contributed by atoms with E-state index in [0.717, 1.165) is 11.3 Å². The number of aromatic carboxylic acids is 1. The molecule has 0 saturated carbocycles. The van der Waals surface area contributed by atoms with Gasteiger partial charge < -0.3 is 10.2 Å². The van der Waals surface area contributed by atoms with Gasteiger partial charge in [0.15, 0.2) is 0 Å². The Bertz CT molecular complexity index is 417. The first-order chi connectivity index (χ1) is 8.07. The van der Waals surface area contributed by atoms with Crippen molar-refractivity contribution in [1.29, 1.82) is 0 Å². The predicted molar refractivity (Wildman–Crippen MR) is 63.7 cm³/mol. The van der Waals surface area contributed by atoms with Gasteiger partial charge in [0.2, 0.25) is 0 Å². The standard InChI is InChI=1S/C12H15NO4/c1-2-3-8-13(12(16)17)10-7-5-4-6-9(10)11(14)15/h4-7H,2-3,8H2,1H3,(H,14,15)(H,16,17). The van der Waals surface area contributed by atoms with Gasteiger partial charge in [0, 0.05) is 6.54 Å². The molecular formula is C12H15NO4. The van der Waals surface area contributed by atoms with Crippen LogP contribution in [0.15, 0.2) is 24.3 Å². The van der Waals surface area contributed by atoms with Crippen molar-refractivity contribution in [2.45, 2.75) is 19.8 Å². The second-order valence-electron chi connectivity index (χ2n) is 3.61. The van der Waals surface area contributed by atoms with E-state index in [-0.39, 0.29) is 11.3 Å². The number of hydrogen-bond donors (Lipinski definition) is 2. The van der Waals surface area contributed by atoms with Crippen LogP contribution in [0.4, 0.5) is 10.5 Å². The highest BCUT2D eigenvalue weighted by Crippen LogP contribution is 2.21. The highest BCUT2D eigenvalue weighted by Gasteiger charge is 2.19. The summed E-state index contributed by atoms with van der Waals surface area (Å²) >= 11 is 0. The van der Waals surface area contributed by atoms with Gasteiger partial charge in [-0.25, -0.2) is 9.59 Å². The highest BCUT2D eigenvalue weighted by molar-refractivity contribution is 5.99. The fourth-order valence-electron chi connectivity index (χ4n) is 1.53.